The molecule has 6 nitrogen and oxygen atoms in total. The van der Waals surface area contributed by atoms with Gasteiger partial charge in [-0.1, -0.05) is 30.4 Å². The molecule has 0 unspecified atom stereocenters. The molecule has 2 aromatic carbocycles. The van der Waals surface area contributed by atoms with Gasteiger partial charge in [0, 0.05) is 17.7 Å². The van der Waals surface area contributed by atoms with Crippen LogP contribution in [0.25, 0.3) is 0 Å². The van der Waals surface area contributed by atoms with E-state index in [1.165, 1.54) is 0 Å². The second kappa shape index (κ2) is 5.98. The van der Waals surface area contributed by atoms with Crippen LogP contribution in [0.2, 0.25) is 0 Å². The Balaban J connectivity index is 1.81. The third-order valence-corrected chi connectivity index (χ3v) is 5.42. The Hall–Kier alpha value is -3.15. The molecular formula is C20H18N2O4. The summed E-state index contributed by atoms with van der Waals surface area (Å²) < 4.78 is 0. The number of hydrogen-bond donors (Lipinski definition) is 2. The van der Waals surface area contributed by atoms with Crippen molar-refractivity contribution in [3.63, 3.8) is 0 Å². The molecule has 0 amide bonds. The molecule has 0 aromatic heterocycles. The van der Waals surface area contributed by atoms with E-state index < -0.39 is 5.97 Å². The number of aryl methyl sites for hydroxylation is 1. The Morgan fingerprint density at radius 2 is 1.96 bits per heavy atom. The molecule has 0 spiro atoms. The minimum atomic E-state index is -0.953. The Morgan fingerprint density at radius 1 is 1.23 bits per heavy atom. The molecule has 1 aliphatic heterocycles. The number of fused-ring (bicyclic) bond motifs is 3. The third-order valence-electron chi connectivity index (χ3n) is 5.42. The highest BCUT2D eigenvalue weighted by Crippen LogP contribution is 2.53. The van der Waals surface area contributed by atoms with Gasteiger partial charge in [-0.25, -0.2) is 4.79 Å². The SMILES string of the molecule is Cc1ccc([N+](=O)[O-])c2c1N[C@@H](c1ccc(C(=O)O)cc1)[C@H]1CC=C[C@@H]21. The van der Waals surface area contributed by atoms with Crippen molar-refractivity contribution in [3.8, 4) is 0 Å². The number of nitrogens with zero attached hydrogens (tertiary/aromatic N) is 1. The number of nitro benzene ring substituents is 1. The van der Waals surface area contributed by atoms with Gasteiger partial charge in [-0.2, -0.15) is 0 Å². The molecule has 2 aromatic rings. The number of hydrogen-bond acceptors (Lipinski definition) is 4. The largest absolute Gasteiger partial charge is 0.478 e. The van der Waals surface area contributed by atoms with E-state index in [9.17, 15) is 14.9 Å². The van der Waals surface area contributed by atoms with Gasteiger partial charge in [0.2, 0.25) is 0 Å². The quantitative estimate of drug-likeness (QED) is 0.485. The lowest BCUT2D eigenvalue weighted by Gasteiger charge is -2.38. The molecule has 0 saturated heterocycles. The Bertz CT molecular complexity index is 934. The fourth-order valence-electron chi connectivity index (χ4n) is 4.16. The van der Waals surface area contributed by atoms with Gasteiger partial charge in [-0.05, 0) is 42.5 Å². The summed E-state index contributed by atoms with van der Waals surface area (Å²) in [6, 6.07) is 10.2. The first-order valence-electron chi connectivity index (χ1n) is 8.51. The summed E-state index contributed by atoms with van der Waals surface area (Å²) in [5.41, 5.74) is 3.94. The predicted molar refractivity (Wildman–Crippen MR) is 97.6 cm³/mol. The highest BCUT2D eigenvalue weighted by molar-refractivity contribution is 5.87. The standard InChI is InChI=1S/C20H18N2O4/c1-11-5-10-16(22(25)26)17-14-3-2-4-15(14)19(21-18(11)17)12-6-8-13(9-7-12)20(23)24/h2-3,5-10,14-15,19,21H,4H2,1H3,(H,23,24)/t14-,15+,19+/m1/s1. The molecule has 1 aliphatic carbocycles. The van der Waals surface area contributed by atoms with Gasteiger partial charge in [0.1, 0.15) is 0 Å². The molecule has 1 heterocycles. The molecule has 0 radical (unpaired) electrons. The lowest BCUT2D eigenvalue weighted by Crippen LogP contribution is -2.30. The first-order chi connectivity index (χ1) is 12.5. The number of carbonyl (C=O) groups is 1. The highest BCUT2D eigenvalue weighted by atomic mass is 16.6. The fourth-order valence-corrected chi connectivity index (χ4v) is 4.16. The number of aromatic carboxylic acids is 1. The number of carboxylic acid groups (broad SMARTS) is 1. The van der Waals surface area contributed by atoms with Crippen LogP contribution in [-0.2, 0) is 0 Å². The van der Waals surface area contributed by atoms with Crippen molar-refractivity contribution in [1.29, 1.82) is 0 Å². The van der Waals surface area contributed by atoms with E-state index >= 15 is 0 Å². The highest BCUT2D eigenvalue weighted by Gasteiger charge is 2.42. The number of carboxylic acids is 1. The number of rotatable bonds is 3. The van der Waals surface area contributed by atoms with Crippen molar-refractivity contribution in [2.45, 2.75) is 25.3 Å². The minimum Gasteiger partial charge on any atom is -0.478 e. The molecule has 2 N–H and O–H groups in total. The van der Waals surface area contributed by atoms with E-state index in [1.807, 2.05) is 19.1 Å². The minimum absolute atomic E-state index is 0.0179. The maximum atomic E-state index is 11.5. The average molecular weight is 350 g/mol. The smallest absolute Gasteiger partial charge is 0.335 e. The van der Waals surface area contributed by atoms with Gasteiger partial charge in [0.05, 0.1) is 22.1 Å². The van der Waals surface area contributed by atoms with Crippen molar-refractivity contribution >= 4 is 17.3 Å². The van der Waals surface area contributed by atoms with Crippen LogP contribution < -0.4 is 5.32 Å². The van der Waals surface area contributed by atoms with Gasteiger partial charge >= 0.3 is 5.97 Å². The van der Waals surface area contributed by atoms with Crippen molar-refractivity contribution in [2.24, 2.45) is 5.92 Å². The summed E-state index contributed by atoms with van der Waals surface area (Å²) >= 11 is 0. The van der Waals surface area contributed by atoms with Gasteiger partial charge in [-0.15, -0.1) is 0 Å². The van der Waals surface area contributed by atoms with Crippen molar-refractivity contribution in [3.05, 3.63) is 80.9 Å². The number of nitro groups is 1. The average Bonchev–Trinajstić information content (AvgIpc) is 3.11. The normalized spacial score (nSPS) is 23.0. The first kappa shape index (κ1) is 16.3. The summed E-state index contributed by atoms with van der Waals surface area (Å²) in [7, 11) is 0. The Morgan fingerprint density at radius 3 is 2.62 bits per heavy atom. The van der Waals surface area contributed by atoms with Crippen LogP contribution in [0.15, 0.2) is 48.6 Å². The molecule has 0 bridgehead atoms. The summed E-state index contributed by atoms with van der Waals surface area (Å²) in [5, 5.41) is 24.1. The summed E-state index contributed by atoms with van der Waals surface area (Å²) in [4.78, 5) is 22.3. The molecule has 3 atom stereocenters. The molecular weight excluding hydrogens is 332 g/mol. The zero-order valence-electron chi connectivity index (χ0n) is 14.2. The molecule has 26 heavy (non-hydrogen) atoms. The van der Waals surface area contributed by atoms with Crippen LogP contribution in [0.3, 0.4) is 0 Å². The lowest BCUT2D eigenvalue weighted by atomic mass is 9.75. The predicted octanol–water partition coefficient (Wildman–Crippen LogP) is 4.43. The summed E-state index contributed by atoms with van der Waals surface area (Å²) in [6.07, 6.45) is 4.97. The van der Waals surface area contributed by atoms with E-state index in [0.29, 0.717) is 0 Å². The number of allylic oxidation sites excluding steroid dienone is 2. The maximum Gasteiger partial charge on any atom is 0.335 e. The lowest BCUT2D eigenvalue weighted by molar-refractivity contribution is -0.385. The third kappa shape index (κ3) is 2.45. The topological polar surface area (TPSA) is 92.5 Å². The van der Waals surface area contributed by atoms with Crippen molar-refractivity contribution in [1.82, 2.24) is 0 Å². The number of nitrogens with one attached hydrogen (secondary N) is 1. The summed E-state index contributed by atoms with van der Waals surface area (Å²) in [6.45, 7) is 1.94. The Labute approximate surface area is 150 Å². The van der Waals surface area contributed by atoms with Gasteiger partial charge in [0.15, 0.2) is 0 Å². The zero-order valence-corrected chi connectivity index (χ0v) is 14.2. The van der Waals surface area contributed by atoms with Crippen LogP contribution in [0.1, 0.15) is 45.4 Å². The van der Waals surface area contributed by atoms with E-state index in [2.05, 4.69) is 17.5 Å². The van der Waals surface area contributed by atoms with Gasteiger partial charge in [-0.3, -0.25) is 10.1 Å². The van der Waals surface area contributed by atoms with Crippen LogP contribution in [0, 0.1) is 23.0 Å². The van der Waals surface area contributed by atoms with Crippen molar-refractivity contribution < 1.29 is 14.8 Å². The monoisotopic (exact) mass is 350 g/mol. The van der Waals surface area contributed by atoms with Crippen LogP contribution in [-0.4, -0.2) is 16.0 Å². The van der Waals surface area contributed by atoms with Crippen LogP contribution in [0.4, 0.5) is 11.4 Å². The van der Waals surface area contributed by atoms with E-state index in [1.54, 1.807) is 24.3 Å². The van der Waals surface area contributed by atoms with Crippen molar-refractivity contribution in [2.75, 3.05) is 5.32 Å². The molecule has 0 saturated carbocycles. The van der Waals surface area contributed by atoms with Crippen LogP contribution >= 0.6 is 0 Å². The second-order valence-electron chi connectivity index (χ2n) is 6.85. The van der Waals surface area contributed by atoms with E-state index in [4.69, 9.17) is 5.11 Å². The molecule has 132 valence electrons. The summed E-state index contributed by atoms with van der Waals surface area (Å²) in [5.74, 6) is -0.806. The number of anilines is 1. The van der Waals surface area contributed by atoms with E-state index in [-0.39, 0.29) is 34.1 Å². The van der Waals surface area contributed by atoms with Gasteiger partial charge in [0.25, 0.3) is 5.69 Å². The van der Waals surface area contributed by atoms with Crippen LogP contribution in [0.5, 0.6) is 0 Å². The first-order valence-corrected chi connectivity index (χ1v) is 8.51. The molecule has 6 heteroatoms. The molecule has 4 rings (SSSR count). The maximum absolute atomic E-state index is 11.5. The molecule has 2 aliphatic rings. The molecule has 0 fully saturated rings. The second-order valence-corrected chi connectivity index (χ2v) is 6.85. The van der Waals surface area contributed by atoms with E-state index in [0.717, 1.165) is 28.8 Å². The zero-order chi connectivity index (χ0) is 18.4. The Kier molecular flexibility index (Phi) is 3.76. The van der Waals surface area contributed by atoms with Gasteiger partial charge < -0.3 is 10.4 Å². The fraction of sp³-hybridized carbons (Fsp3) is 0.250. The number of benzene rings is 2.